The summed E-state index contributed by atoms with van der Waals surface area (Å²) < 4.78 is 0. The zero-order valence-electron chi connectivity index (χ0n) is 13.2. The number of carbonyl (C=O) groups is 1. The van der Waals surface area contributed by atoms with Crippen molar-refractivity contribution in [1.82, 2.24) is 25.3 Å². The average molecular weight is 345 g/mol. The molecule has 24 heavy (non-hydrogen) atoms. The maximum Gasteiger partial charge on any atom is 0.239 e. The Hall–Kier alpha value is -2.67. The van der Waals surface area contributed by atoms with Crippen molar-refractivity contribution in [2.75, 3.05) is 25.0 Å². The van der Waals surface area contributed by atoms with Gasteiger partial charge in [0, 0.05) is 18.6 Å². The number of imidazole rings is 1. The second kappa shape index (κ2) is 7.27. The van der Waals surface area contributed by atoms with Gasteiger partial charge in [0.25, 0.3) is 0 Å². The Morgan fingerprint density at radius 3 is 3.04 bits per heavy atom. The minimum absolute atomic E-state index is 0.0780. The highest BCUT2D eigenvalue weighted by Gasteiger charge is 2.13. The Morgan fingerprint density at radius 2 is 2.21 bits per heavy atom. The maximum absolute atomic E-state index is 12.1. The Kier molecular flexibility index (Phi) is 4.90. The van der Waals surface area contributed by atoms with Crippen molar-refractivity contribution in [2.24, 2.45) is 0 Å². The molecule has 2 heterocycles. The highest BCUT2D eigenvalue weighted by molar-refractivity contribution is 6.30. The maximum atomic E-state index is 12.1. The summed E-state index contributed by atoms with van der Waals surface area (Å²) in [5.74, 6) is 0.563. The van der Waals surface area contributed by atoms with E-state index in [1.807, 2.05) is 24.3 Å². The molecule has 3 rings (SSSR count). The predicted molar refractivity (Wildman–Crippen MR) is 93.1 cm³/mol. The van der Waals surface area contributed by atoms with Gasteiger partial charge in [-0.05, 0) is 24.1 Å². The summed E-state index contributed by atoms with van der Waals surface area (Å²) in [6.45, 7) is 0.747. The number of nitrogens with one attached hydrogen (secondary N) is 2. The van der Waals surface area contributed by atoms with Gasteiger partial charge < -0.3 is 15.2 Å². The van der Waals surface area contributed by atoms with Crippen molar-refractivity contribution in [3.8, 4) is 0 Å². The zero-order valence-corrected chi connectivity index (χ0v) is 13.9. The normalized spacial score (nSPS) is 10.8. The number of hydrogen-bond donors (Lipinski definition) is 2. The summed E-state index contributed by atoms with van der Waals surface area (Å²) in [4.78, 5) is 29.2. The van der Waals surface area contributed by atoms with Gasteiger partial charge in [0.2, 0.25) is 5.91 Å². The lowest BCUT2D eigenvalue weighted by molar-refractivity contribution is -0.119. The van der Waals surface area contributed by atoms with E-state index < -0.39 is 0 Å². The molecule has 0 saturated heterocycles. The molecule has 124 valence electrons. The molecule has 7 nitrogen and oxygen atoms in total. The van der Waals surface area contributed by atoms with Gasteiger partial charge in [-0.1, -0.05) is 23.7 Å². The number of aromatic nitrogens is 4. The number of amides is 1. The van der Waals surface area contributed by atoms with E-state index >= 15 is 0 Å². The van der Waals surface area contributed by atoms with E-state index in [1.54, 1.807) is 18.3 Å². The first kappa shape index (κ1) is 16.2. The lowest BCUT2D eigenvalue weighted by Crippen LogP contribution is -2.36. The van der Waals surface area contributed by atoms with Crippen molar-refractivity contribution in [1.29, 1.82) is 0 Å². The lowest BCUT2D eigenvalue weighted by Gasteiger charge is -2.17. The molecule has 0 aliphatic heterocycles. The second-order valence-electron chi connectivity index (χ2n) is 5.38. The zero-order chi connectivity index (χ0) is 16.9. The number of benzene rings is 1. The van der Waals surface area contributed by atoms with Crippen LogP contribution in [0, 0.1) is 0 Å². The number of carbonyl (C=O) groups excluding carboxylic acids is 1. The minimum Gasteiger partial charge on any atom is -0.354 e. The molecule has 0 unspecified atom stereocenters. The van der Waals surface area contributed by atoms with Gasteiger partial charge in [0.15, 0.2) is 11.5 Å². The fourth-order valence-corrected chi connectivity index (χ4v) is 2.64. The second-order valence-corrected chi connectivity index (χ2v) is 5.82. The monoisotopic (exact) mass is 344 g/mol. The molecule has 1 amide bonds. The van der Waals surface area contributed by atoms with Crippen LogP contribution < -0.4 is 10.2 Å². The van der Waals surface area contributed by atoms with Crippen LogP contribution in [0.3, 0.4) is 0 Å². The van der Waals surface area contributed by atoms with Gasteiger partial charge in [-0.15, -0.1) is 0 Å². The minimum atomic E-state index is -0.0780. The lowest BCUT2D eigenvalue weighted by atomic mass is 10.1. The van der Waals surface area contributed by atoms with E-state index in [2.05, 4.69) is 25.3 Å². The Balaban J connectivity index is 1.54. The third-order valence-electron chi connectivity index (χ3n) is 3.57. The molecule has 0 aliphatic carbocycles. The Labute approximate surface area is 144 Å². The van der Waals surface area contributed by atoms with E-state index in [0.717, 1.165) is 12.0 Å². The van der Waals surface area contributed by atoms with E-state index in [4.69, 9.17) is 11.6 Å². The molecular weight excluding hydrogens is 328 g/mol. The first-order valence-corrected chi connectivity index (χ1v) is 7.87. The van der Waals surface area contributed by atoms with E-state index in [1.165, 1.54) is 6.33 Å². The third kappa shape index (κ3) is 3.80. The molecule has 0 spiro atoms. The number of hydrogen-bond acceptors (Lipinski definition) is 5. The summed E-state index contributed by atoms with van der Waals surface area (Å²) in [6, 6.07) is 7.62. The van der Waals surface area contributed by atoms with Crippen LogP contribution in [-0.2, 0) is 11.2 Å². The van der Waals surface area contributed by atoms with Gasteiger partial charge in [-0.25, -0.2) is 15.0 Å². The van der Waals surface area contributed by atoms with Crippen LogP contribution in [0.2, 0.25) is 5.02 Å². The predicted octanol–water partition coefficient (Wildman–Crippen LogP) is 1.80. The van der Waals surface area contributed by atoms with Crippen molar-refractivity contribution in [3.63, 3.8) is 0 Å². The van der Waals surface area contributed by atoms with Gasteiger partial charge in [-0.2, -0.15) is 0 Å². The van der Waals surface area contributed by atoms with E-state index in [0.29, 0.717) is 28.5 Å². The first-order valence-electron chi connectivity index (χ1n) is 7.50. The van der Waals surface area contributed by atoms with Gasteiger partial charge in [-0.3, -0.25) is 4.79 Å². The largest absolute Gasteiger partial charge is 0.354 e. The number of halogens is 1. The molecule has 0 aliphatic rings. The average Bonchev–Trinajstić information content (AvgIpc) is 3.03. The SMILES string of the molecule is CN(CC(=O)NCCc1cccc(Cl)c1)c1ncnc2nc[nH]c12. The molecule has 3 aromatic rings. The van der Waals surface area contributed by atoms with Crippen molar-refractivity contribution in [2.45, 2.75) is 6.42 Å². The Morgan fingerprint density at radius 1 is 1.33 bits per heavy atom. The van der Waals surface area contributed by atoms with Crippen LogP contribution >= 0.6 is 11.6 Å². The number of nitrogens with zero attached hydrogens (tertiary/aromatic N) is 4. The standard InChI is InChI=1S/C16H17ClN6O/c1-23(16-14-15(20-9-19-14)21-10-22-16)8-13(24)18-6-5-11-3-2-4-12(17)7-11/h2-4,7,9-10H,5-6,8H2,1H3,(H,18,24)(H,19,20,21,22). The van der Waals surface area contributed by atoms with Crippen LogP contribution in [-0.4, -0.2) is 46.0 Å². The molecule has 8 heteroatoms. The van der Waals surface area contributed by atoms with Gasteiger partial charge in [0.1, 0.15) is 11.8 Å². The molecule has 0 saturated carbocycles. The summed E-state index contributed by atoms with van der Waals surface area (Å²) in [5.41, 5.74) is 2.38. The third-order valence-corrected chi connectivity index (χ3v) is 3.81. The van der Waals surface area contributed by atoms with Crippen LogP contribution in [0.5, 0.6) is 0 Å². The highest BCUT2D eigenvalue weighted by atomic mass is 35.5. The van der Waals surface area contributed by atoms with Crippen LogP contribution in [0.25, 0.3) is 11.2 Å². The molecular formula is C16H17ClN6O. The summed E-state index contributed by atoms with van der Waals surface area (Å²) in [5, 5.41) is 3.60. The number of rotatable bonds is 6. The number of likely N-dealkylation sites (N-methyl/N-ethyl adjacent to an activating group) is 1. The number of fused-ring (bicyclic) bond motifs is 1. The number of aromatic amines is 1. The van der Waals surface area contributed by atoms with Crippen LogP contribution in [0.15, 0.2) is 36.9 Å². The summed E-state index contributed by atoms with van der Waals surface area (Å²) in [7, 11) is 1.80. The molecule has 0 radical (unpaired) electrons. The first-order chi connectivity index (χ1) is 11.6. The van der Waals surface area contributed by atoms with Crippen molar-refractivity contribution >= 4 is 34.5 Å². The summed E-state index contributed by atoms with van der Waals surface area (Å²) >= 11 is 5.95. The molecule has 0 bridgehead atoms. The topological polar surface area (TPSA) is 86.8 Å². The van der Waals surface area contributed by atoms with Gasteiger partial charge in [0.05, 0.1) is 12.9 Å². The molecule has 0 fully saturated rings. The molecule has 1 aromatic carbocycles. The quantitative estimate of drug-likeness (QED) is 0.712. The highest BCUT2D eigenvalue weighted by Crippen LogP contribution is 2.17. The van der Waals surface area contributed by atoms with E-state index in [-0.39, 0.29) is 12.5 Å². The fourth-order valence-electron chi connectivity index (χ4n) is 2.43. The smallest absolute Gasteiger partial charge is 0.239 e. The summed E-state index contributed by atoms with van der Waals surface area (Å²) in [6.07, 6.45) is 3.72. The molecule has 2 aromatic heterocycles. The fraction of sp³-hybridized carbons (Fsp3) is 0.250. The van der Waals surface area contributed by atoms with Crippen LogP contribution in [0.4, 0.5) is 5.82 Å². The number of anilines is 1. The van der Waals surface area contributed by atoms with Crippen molar-refractivity contribution in [3.05, 3.63) is 47.5 Å². The Bertz CT molecular complexity index is 849. The van der Waals surface area contributed by atoms with E-state index in [9.17, 15) is 4.79 Å². The number of H-pyrrole nitrogens is 1. The van der Waals surface area contributed by atoms with Crippen molar-refractivity contribution < 1.29 is 4.79 Å². The molecule has 2 N–H and O–H groups in total. The van der Waals surface area contributed by atoms with Gasteiger partial charge >= 0.3 is 0 Å². The molecule has 0 atom stereocenters. The van der Waals surface area contributed by atoms with Crippen LogP contribution in [0.1, 0.15) is 5.56 Å².